The third-order valence-corrected chi connectivity index (χ3v) is 5.25. The Kier molecular flexibility index (Phi) is 4.87. The fourth-order valence-electron chi connectivity index (χ4n) is 3.92. The lowest BCUT2D eigenvalue weighted by Crippen LogP contribution is -2.37. The number of carboxylic acid groups (broad SMARTS) is 1. The summed E-state index contributed by atoms with van der Waals surface area (Å²) in [5, 5.41) is 13.9. The van der Waals surface area contributed by atoms with Crippen LogP contribution in [0.25, 0.3) is 16.8 Å². The van der Waals surface area contributed by atoms with E-state index < -0.39 is 6.09 Å². The van der Waals surface area contributed by atoms with E-state index in [1.807, 2.05) is 30.3 Å². The average Bonchev–Trinajstić information content (AvgIpc) is 3.06. The summed E-state index contributed by atoms with van der Waals surface area (Å²) in [5.74, 6) is 0.0688. The molecule has 0 atom stereocenters. The summed E-state index contributed by atoms with van der Waals surface area (Å²) in [5.41, 5.74) is 3.82. The summed E-state index contributed by atoms with van der Waals surface area (Å²) in [7, 11) is 1.62. The van der Waals surface area contributed by atoms with Crippen LogP contribution in [-0.2, 0) is 11.3 Å². The van der Waals surface area contributed by atoms with Gasteiger partial charge in [0.15, 0.2) is 0 Å². The molecule has 0 aliphatic carbocycles. The minimum Gasteiger partial charge on any atom is -0.465 e. The summed E-state index contributed by atoms with van der Waals surface area (Å²) in [6.45, 7) is 1.23. The number of ether oxygens (including phenoxy) is 1. The number of hydrogen-bond acceptors (Lipinski definition) is 4. The Morgan fingerprint density at radius 2 is 2.00 bits per heavy atom. The van der Waals surface area contributed by atoms with Gasteiger partial charge in [0.1, 0.15) is 5.65 Å². The molecule has 8 nitrogen and oxygen atoms in total. The molecule has 1 aromatic carbocycles. The molecule has 0 radical (unpaired) electrons. The zero-order chi connectivity index (χ0) is 19.7. The zero-order valence-electron chi connectivity index (χ0n) is 15.6. The molecule has 8 heteroatoms. The molecule has 146 valence electrons. The number of methoxy groups -OCH3 is 1. The smallest absolute Gasteiger partial charge is 0.407 e. The molecule has 1 saturated heterocycles. The predicted molar refractivity (Wildman–Crippen MR) is 104 cm³/mol. The van der Waals surface area contributed by atoms with Gasteiger partial charge in [-0.15, -0.1) is 0 Å². The molecule has 0 unspecified atom stereocenters. The van der Waals surface area contributed by atoms with Crippen LogP contribution in [0.1, 0.15) is 30.1 Å². The second-order valence-electron chi connectivity index (χ2n) is 6.98. The Labute approximate surface area is 161 Å². The highest BCUT2D eigenvalue weighted by molar-refractivity contribution is 5.80. The summed E-state index contributed by atoms with van der Waals surface area (Å²) >= 11 is 0. The van der Waals surface area contributed by atoms with E-state index in [0.717, 1.165) is 22.5 Å². The van der Waals surface area contributed by atoms with E-state index in [4.69, 9.17) is 9.84 Å². The maximum atomic E-state index is 12.4. The Morgan fingerprint density at radius 3 is 2.64 bits per heavy atom. The van der Waals surface area contributed by atoms with Crippen molar-refractivity contribution in [3.63, 3.8) is 0 Å². The van der Waals surface area contributed by atoms with Gasteiger partial charge in [0.2, 0.25) is 0 Å². The van der Waals surface area contributed by atoms with Crippen molar-refractivity contribution in [2.75, 3.05) is 20.2 Å². The van der Waals surface area contributed by atoms with Crippen LogP contribution in [0.3, 0.4) is 0 Å². The van der Waals surface area contributed by atoms with Gasteiger partial charge in [-0.25, -0.2) is 9.31 Å². The molecule has 0 bridgehead atoms. The summed E-state index contributed by atoms with van der Waals surface area (Å²) in [6, 6.07) is 11.4. The molecule has 1 amide bonds. The second kappa shape index (κ2) is 7.47. The third kappa shape index (κ3) is 3.27. The van der Waals surface area contributed by atoms with Crippen molar-refractivity contribution in [2.24, 2.45) is 0 Å². The lowest BCUT2D eigenvalue weighted by Gasteiger charge is -2.30. The number of H-pyrrole nitrogens is 1. The second-order valence-corrected chi connectivity index (χ2v) is 6.98. The highest BCUT2D eigenvalue weighted by Crippen LogP contribution is 2.32. The van der Waals surface area contributed by atoms with Crippen LogP contribution in [0.15, 0.2) is 41.2 Å². The highest BCUT2D eigenvalue weighted by Gasteiger charge is 2.27. The quantitative estimate of drug-likeness (QED) is 0.723. The number of nitrogens with one attached hydrogen (secondary N) is 1. The molecule has 3 aromatic rings. The van der Waals surface area contributed by atoms with Crippen molar-refractivity contribution in [1.82, 2.24) is 19.5 Å². The van der Waals surface area contributed by atoms with Crippen molar-refractivity contribution < 1.29 is 14.6 Å². The van der Waals surface area contributed by atoms with E-state index in [1.54, 1.807) is 17.7 Å². The van der Waals surface area contributed by atoms with Gasteiger partial charge in [-0.3, -0.25) is 4.79 Å². The van der Waals surface area contributed by atoms with Crippen LogP contribution in [0, 0.1) is 0 Å². The number of hydrogen-bond donors (Lipinski definition) is 2. The van der Waals surface area contributed by atoms with E-state index in [9.17, 15) is 14.7 Å². The molecular weight excluding hydrogens is 360 g/mol. The number of benzene rings is 1. The fraction of sp³-hybridized carbons (Fsp3) is 0.350. The van der Waals surface area contributed by atoms with E-state index in [-0.39, 0.29) is 11.5 Å². The number of carbonyl (C=O) groups is 1. The van der Waals surface area contributed by atoms with Crippen LogP contribution in [-0.4, -0.2) is 50.9 Å². The topological polar surface area (TPSA) is 99.9 Å². The molecule has 1 aliphatic rings. The van der Waals surface area contributed by atoms with E-state index in [1.165, 1.54) is 4.90 Å². The molecule has 2 N–H and O–H groups in total. The first-order valence-electron chi connectivity index (χ1n) is 9.25. The van der Waals surface area contributed by atoms with Crippen LogP contribution in [0.2, 0.25) is 0 Å². The van der Waals surface area contributed by atoms with Crippen molar-refractivity contribution in [1.29, 1.82) is 0 Å². The van der Waals surface area contributed by atoms with Crippen LogP contribution in [0.5, 0.6) is 0 Å². The number of amides is 1. The summed E-state index contributed by atoms with van der Waals surface area (Å²) in [6.07, 6.45) is 0.415. The molecule has 3 heterocycles. The molecule has 1 aliphatic heterocycles. The van der Waals surface area contributed by atoms with E-state index in [0.29, 0.717) is 38.2 Å². The SMILES string of the molecule is COCc1nn2c(C3CCN(C(=O)O)CC3)cc(=O)[nH]c2c1-c1ccccc1. The molecule has 0 saturated carbocycles. The first-order chi connectivity index (χ1) is 13.6. The first kappa shape index (κ1) is 18.2. The molecule has 2 aromatic heterocycles. The molecule has 28 heavy (non-hydrogen) atoms. The standard InChI is InChI=1S/C20H22N4O4/c1-28-12-15-18(14-5-3-2-4-6-14)19-21-17(25)11-16(24(19)22-15)13-7-9-23(10-8-13)20(26)27/h2-6,11,13H,7-10,12H2,1H3,(H,21,25)(H,26,27). The van der Waals surface area contributed by atoms with Crippen molar-refractivity contribution in [3.8, 4) is 11.1 Å². The molecular formula is C20H22N4O4. The number of piperidine rings is 1. The van der Waals surface area contributed by atoms with Gasteiger partial charge in [-0.2, -0.15) is 5.10 Å². The Bertz CT molecular complexity index is 1050. The van der Waals surface area contributed by atoms with Crippen LogP contribution >= 0.6 is 0 Å². The minimum absolute atomic E-state index is 0.0688. The largest absolute Gasteiger partial charge is 0.465 e. The van der Waals surface area contributed by atoms with Crippen molar-refractivity contribution in [2.45, 2.75) is 25.4 Å². The Balaban J connectivity index is 1.83. The Morgan fingerprint density at radius 1 is 1.29 bits per heavy atom. The number of aromatic amines is 1. The van der Waals surface area contributed by atoms with Gasteiger partial charge in [0.05, 0.1) is 23.6 Å². The fourth-order valence-corrected chi connectivity index (χ4v) is 3.92. The van der Waals surface area contributed by atoms with Crippen LogP contribution < -0.4 is 5.56 Å². The first-order valence-corrected chi connectivity index (χ1v) is 9.25. The number of aromatic nitrogens is 3. The highest BCUT2D eigenvalue weighted by atomic mass is 16.5. The van der Waals surface area contributed by atoms with Gasteiger partial charge in [-0.05, 0) is 18.4 Å². The number of likely N-dealkylation sites (tertiary alicyclic amines) is 1. The zero-order valence-corrected chi connectivity index (χ0v) is 15.6. The number of fused-ring (bicyclic) bond motifs is 1. The minimum atomic E-state index is -0.901. The maximum absolute atomic E-state index is 12.4. The third-order valence-electron chi connectivity index (χ3n) is 5.25. The predicted octanol–water partition coefficient (Wildman–Crippen LogP) is 2.69. The normalized spacial score (nSPS) is 15.2. The molecule has 1 fully saturated rings. The lowest BCUT2D eigenvalue weighted by atomic mass is 9.93. The van der Waals surface area contributed by atoms with Crippen LogP contribution in [0.4, 0.5) is 4.79 Å². The average molecular weight is 382 g/mol. The summed E-state index contributed by atoms with van der Waals surface area (Å²) < 4.78 is 7.13. The molecule has 4 rings (SSSR count). The van der Waals surface area contributed by atoms with Gasteiger partial charge in [0.25, 0.3) is 5.56 Å². The molecule has 0 spiro atoms. The van der Waals surface area contributed by atoms with E-state index in [2.05, 4.69) is 4.98 Å². The monoisotopic (exact) mass is 382 g/mol. The van der Waals surface area contributed by atoms with Crippen molar-refractivity contribution >= 4 is 11.7 Å². The summed E-state index contributed by atoms with van der Waals surface area (Å²) in [4.78, 5) is 28.0. The lowest BCUT2D eigenvalue weighted by molar-refractivity contribution is 0.131. The number of nitrogens with zero attached hydrogens (tertiary/aromatic N) is 3. The maximum Gasteiger partial charge on any atom is 0.407 e. The van der Waals surface area contributed by atoms with Gasteiger partial charge < -0.3 is 19.7 Å². The van der Waals surface area contributed by atoms with E-state index >= 15 is 0 Å². The van der Waals surface area contributed by atoms with Gasteiger partial charge in [-0.1, -0.05) is 30.3 Å². The van der Waals surface area contributed by atoms with Gasteiger partial charge in [0, 0.05) is 32.2 Å². The Hall–Kier alpha value is -3.13. The van der Waals surface area contributed by atoms with Crippen molar-refractivity contribution in [3.05, 3.63) is 58.1 Å². The number of rotatable bonds is 4. The van der Waals surface area contributed by atoms with Gasteiger partial charge >= 0.3 is 6.09 Å².